The van der Waals surface area contributed by atoms with Crippen LogP contribution in [0.25, 0.3) is 66.1 Å². The molecule has 0 aliphatic rings. The van der Waals surface area contributed by atoms with Gasteiger partial charge in [0, 0.05) is 17.1 Å². The monoisotopic (exact) mass is 483 g/mol. The third-order valence-electron chi connectivity index (χ3n) is 7.14. The molecule has 0 amide bonds. The molecule has 3 nitrogen and oxygen atoms in total. The van der Waals surface area contributed by atoms with Crippen LogP contribution in [0.1, 0.15) is 5.56 Å². The van der Waals surface area contributed by atoms with E-state index in [1.165, 1.54) is 5.39 Å². The zero-order valence-electron chi connectivity index (χ0n) is 20.5. The molecule has 0 atom stereocenters. The lowest BCUT2D eigenvalue weighted by molar-refractivity contribution is 1.23. The van der Waals surface area contributed by atoms with Crippen LogP contribution in [-0.2, 0) is 0 Å². The summed E-state index contributed by atoms with van der Waals surface area (Å²) in [4.78, 5) is 9.79. The van der Waals surface area contributed by atoms with Crippen LogP contribution in [0.2, 0.25) is 0 Å². The number of hydrogen-bond donors (Lipinski definition) is 0. The van der Waals surface area contributed by atoms with Crippen molar-refractivity contribution in [1.29, 1.82) is 5.26 Å². The van der Waals surface area contributed by atoms with Crippen LogP contribution in [0.4, 0.5) is 0 Å². The van der Waals surface area contributed by atoms with Crippen molar-refractivity contribution < 1.29 is 0 Å². The van der Waals surface area contributed by atoms with E-state index in [0.29, 0.717) is 11.4 Å². The first kappa shape index (κ1) is 21.9. The molecule has 0 fully saturated rings. The van der Waals surface area contributed by atoms with E-state index in [2.05, 4.69) is 78.9 Å². The average molecular weight is 484 g/mol. The van der Waals surface area contributed by atoms with Gasteiger partial charge in [0.15, 0.2) is 5.82 Å². The number of para-hydroxylation sites is 1. The van der Waals surface area contributed by atoms with Gasteiger partial charge in [0.1, 0.15) is 0 Å². The molecule has 0 aliphatic carbocycles. The van der Waals surface area contributed by atoms with Gasteiger partial charge < -0.3 is 0 Å². The molecule has 0 saturated carbocycles. The van der Waals surface area contributed by atoms with E-state index in [0.717, 1.165) is 54.9 Å². The fraction of sp³-hybridized carbons (Fsp3) is 0. The largest absolute Gasteiger partial charge is 0.236 e. The molecular weight excluding hydrogens is 462 g/mol. The molecule has 1 aromatic heterocycles. The van der Waals surface area contributed by atoms with E-state index in [1.807, 2.05) is 54.7 Å². The van der Waals surface area contributed by atoms with Crippen molar-refractivity contribution in [2.75, 3.05) is 0 Å². The zero-order valence-corrected chi connectivity index (χ0v) is 20.5. The molecule has 3 heteroatoms. The van der Waals surface area contributed by atoms with Gasteiger partial charge in [-0.15, -0.1) is 0 Å². The van der Waals surface area contributed by atoms with Crippen molar-refractivity contribution >= 4 is 32.4 Å². The number of nitrogens with zero attached hydrogens (tertiary/aromatic N) is 3. The number of rotatable bonds is 3. The topological polar surface area (TPSA) is 49.6 Å². The lowest BCUT2D eigenvalue weighted by Gasteiger charge is -2.18. The molecule has 0 saturated heterocycles. The Morgan fingerprint density at radius 3 is 1.97 bits per heavy atom. The first-order chi connectivity index (χ1) is 18.8. The van der Waals surface area contributed by atoms with Gasteiger partial charge in [0.05, 0.1) is 17.1 Å². The standard InChI is InChI=1S/C35H21N3/c36-21-23-13-15-25(16-14-23)34-29-11-5-3-7-24(29)17-18-30(34)31-19-26-8-1-2-9-27(26)20-32(31)35-37-22-28-10-4-6-12-33(28)38-35/h1-20,22H. The number of nitriles is 1. The summed E-state index contributed by atoms with van der Waals surface area (Å²) in [5, 5.41) is 15.0. The van der Waals surface area contributed by atoms with E-state index in [4.69, 9.17) is 9.97 Å². The van der Waals surface area contributed by atoms with Crippen molar-refractivity contribution in [3.63, 3.8) is 0 Å². The van der Waals surface area contributed by atoms with Crippen LogP contribution < -0.4 is 0 Å². The predicted octanol–water partition coefficient (Wildman–Crippen LogP) is 8.81. The first-order valence-corrected chi connectivity index (χ1v) is 12.6. The molecule has 6 aromatic carbocycles. The second kappa shape index (κ2) is 8.96. The zero-order chi connectivity index (χ0) is 25.5. The van der Waals surface area contributed by atoms with Crippen LogP contribution >= 0.6 is 0 Å². The summed E-state index contributed by atoms with van der Waals surface area (Å²) in [7, 11) is 0. The van der Waals surface area contributed by atoms with Gasteiger partial charge in [0.2, 0.25) is 0 Å². The van der Waals surface area contributed by atoms with E-state index in [9.17, 15) is 5.26 Å². The summed E-state index contributed by atoms with van der Waals surface area (Å²) in [6.07, 6.45) is 1.90. The van der Waals surface area contributed by atoms with E-state index in [1.54, 1.807) is 0 Å². The molecule has 0 spiro atoms. The van der Waals surface area contributed by atoms with Crippen molar-refractivity contribution in [1.82, 2.24) is 9.97 Å². The van der Waals surface area contributed by atoms with E-state index < -0.39 is 0 Å². The van der Waals surface area contributed by atoms with Gasteiger partial charge in [0.25, 0.3) is 0 Å². The molecular formula is C35H21N3. The van der Waals surface area contributed by atoms with Crippen LogP contribution in [0.3, 0.4) is 0 Å². The van der Waals surface area contributed by atoms with Gasteiger partial charge in [-0.2, -0.15) is 5.26 Å². The first-order valence-electron chi connectivity index (χ1n) is 12.6. The van der Waals surface area contributed by atoms with Crippen molar-refractivity contribution in [3.05, 3.63) is 133 Å². The number of aromatic nitrogens is 2. The Kier molecular flexibility index (Phi) is 5.17. The molecule has 0 radical (unpaired) electrons. The third-order valence-corrected chi connectivity index (χ3v) is 7.14. The predicted molar refractivity (Wildman–Crippen MR) is 156 cm³/mol. The maximum absolute atomic E-state index is 9.38. The van der Waals surface area contributed by atoms with Crippen LogP contribution in [-0.4, -0.2) is 9.97 Å². The van der Waals surface area contributed by atoms with Crippen molar-refractivity contribution in [2.24, 2.45) is 0 Å². The summed E-state index contributed by atoms with van der Waals surface area (Å²) >= 11 is 0. The summed E-state index contributed by atoms with van der Waals surface area (Å²) in [5.74, 6) is 0.698. The van der Waals surface area contributed by atoms with Crippen molar-refractivity contribution in [2.45, 2.75) is 0 Å². The Balaban J connectivity index is 1.57. The Bertz CT molecular complexity index is 2030. The fourth-order valence-corrected chi connectivity index (χ4v) is 5.27. The minimum atomic E-state index is 0.645. The summed E-state index contributed by atoms with van der Waals surface area (Å²) < 4.78 is 0. The van der Waals surface area contributed by atoms with Gasteiger partial charge >= 0.3 is 0 Å². The highest BCUT2D eigenvalue weighted by Gasteiger charge is 2.18. The van der Waals surface area contributed by atoms with E-state index in [-0.39, 0.29) is 0 Å². The smallest absolute Gasteiger partial charge is 0.160 e. The SMILES string of the molecule is N#Cc1ccc(-c2c(-c3cc4ccccc4cc3-c3ncc4ccccc4n3)ccc3ccccc23)cc1. The minimum Gasteiger partial charge on any atom is -0.236 e. The summed E-state index contributed by atoms with van der Waals surface area (Å²) in [5.41, 5.74) is 6.92. The number of hydrogen-bond acceptors (Lipinski definition) is 3. The molecule has 0 bridgehead atoms. The maximum Gasteiger partial charge on any atom is 0.160 e. The highest BCUT2D eigenvalue weighted by atomic mass is 14.9. The summed E-state index contributed by atoms with van der Waals surface area (Å²) in [6.45, 7) is 0. The molecule has 0 aliphatic heterocycles. The fourth-order valence-electron chi connectivity index (χ4n) is 5.27. The molecule has 0 unspecified atom stereocenters. The highest BCUT2D eigenvalue weighted by molar-refractivity contribution is 6.07. The second-order valence-corrected chi connectivity index (χ2v) is 9.40. The summed E-state index contributed by atoms with van der Waals surface area (Å²) in [6, 6.07) is 43.8. The molecule has 0 N–H and O–H groups in total. The average Bonchev–Trinajstić information content (AvgIpc) is 2.99. The van der Waals surface area contributed by atoms with Crippen LogP contribution in [0.15, 0.2) is 128 Å². The maximum atomic E-state index is 9.38. The highest BCUT2D eigenvalue weighted by Crippen LogP contribution is 2.43. The van der Waals surface area contributed by atoms with Gasteiger partial charge in [-0.3, -0.25) is 0 Å². The molecule has 1 heterocycles. The second-order valence-electron chi connectivity index (χ2n) is 9.40. The Hall–Kier alpha value is -5.33. The molecule has 38 heavy (non-hydrogen) atoms. The quantitative estimate of drug-likeness (QED) is 0.252. The number of fused-ring (bicyclic) bond motifs is 3. The molecule has 7 rings (SSSR count). The minimum absolute atomic E-state index is 0.645. The molecule has 176 valence electrons. The molecule has 7 aromatic rings. The Morgan fingerprint density at radius 1 is 0.553 bits per heavy atom. The van der Waals surface area contributed by atoms with Gasteiger partial charge in [-0.1, -0.05) is 91.0 Å². The van der Waals surface area contributed by atoms with Crippen LogP contribution in [0, 0.1) is 11.3 Å². The van der Waals surface area contributed by atoms with Crippen molar-refractivity contribution in [3.8, 4) is 39.7 Å². The Morgan fingerprint density at radius 2 is 1.21 bits per heavy atom. The number of benzene rings is 6. The third kappa shape index (κ3) is 3.68. The lowest BCUT2D eigenvalue weighted by Crippen LogP contribution is -1.95. The van der Waals surface area contributed by atoms with Gasteiger partial charge in [-0.25, -0.2) is 9.97 Å². The Labute approximate surface area is 220 Å². The van der Waals surface area contributed by atoms with Gasteiger partial charge in [-0.05, 0) is 74.1 Å². The normalized spacial score (nSPS) is 11.1. The van der Waals surface area contributed by atoms with Crippen LogP contribution in [0.5, 0.6) is 0 Å². The lowest BCUT2D eigenvalue weighted by atomic mass is 9.86. The van der Waals surface area contributed by atoms with E-state index >= 15 is 0 Å².